The standard InChI is InChI=1S/C20H23N3O5.ClH/c1-2-26-16-7-4-3-6-13(16)20(25)22-9-5-8-19(24)23-15-11-18-17(10-14(15)21)27-12-28-18;/h3-4,6-7,10-11H,2,5,8-9,12,21H2,1H3,(H,22,25)(H,23,24);1H. The SMILES string of the molecule is CCOc1ccccc1C(=O)NCCCC(=O)Nc1cc2c(cc1N)OCO2.Cl. The normalized spacial score (nSPS) is 11.3. The van der Waals surface area contributed by atoms with E-state index in [1.807, 2.05) is 13.0 Å². The summed E-state index contributed by atoms with van der Waals surface area (Å²) in [5.41, 5.74) is 7.27. The van der Waals surface area contributed by atoms with E-state index in [4.69, 9.17) is 19.9 Å². The highest BCUT2D eigenvalue weighted by molar-refractivity contribution is 5.97. The monoisotopic (exact) mass is 421 g/mol. The first kappa shape index (κ1) is 22.2. The lowest BCUT2D eigenvalue weighted by Gasteiger charge is -2.11. The molecule has 1 aliphatic heterocycles. The smallest absolute Gasteiger partial charge is 0.255 e. The van der Waals surface area contributed by atoms with E-state index >= 15 is 0 Å². The van der Waals surface area contributed by atoms with Gasteiger partial charge in [-0.25, -0.2) is 0 Å². The van der Waals surface area contributed by atoms with E-state index in [1.54, 1.807) is 30.3 Å². The molecule has 2 amide bonds. The summed E-state index contributed by atoms with van der Waals surface area (Å²) in [5, 5.41) is 5.56. The highest BCUT2D eigenvalue weighted by Gasteiger charge is 2.17. The Morgan fingerprint density at radius 2 is 1.90 bits per heavy atom. The van der Waals surface area contributed by atoms with Gasteiger partial charge in [-0.3, -0.25) is 9.59 Å². The van der Waals surface area contributed by atoms with Crippen molar-refractivity contribution < 1.29 is 23.8 Å². The zero-order valence-electron chi connectivity index (χ0n) is 16.0. The lowest BCUT2D eigenvalue weighted by atomic mass is 10.2. The van der Waals surface area contributed by atoms with Crippen molar-refractivity contribution in [1.29, 1.82) is 0 Å². The van der Waals surface area contributed by atoms with E-state index in [1.165, 1.54) is 0 Å². The molecule has 0 spiro atoms. The molecule has 0 aromatic heterocycles. The van der Waals surface area contributed by atoms with Crippen LogP contribution in [0.4, 0.5) is 11.4 Å². The third-order valence-corrected chi connectivity index (χ3v) is 4.12. The summed E-state index contributed by atoms with van der Waals surface area (Å²) in [6.07, 6.45) is 0.722. The van der Waals surface area contributed by atoms with Gasteiger partial charge in [0.15, 0.2) is 11.5 Å². The van der Waals surface area contributed by atoms with Crippen molar-refractivity contribution in [3.8, 4) is 17.2 Å². The van der Waals surface area contributed by atoms with Gasteiger partial charge in [-0.05, 0) is 25.5 Å². The topological polar surface area (TPSA) is 112 Å². The summed E-state index contributed by atoms with van der Waals surface area (Å²) in [4.78, 5) is 24.4. The Labute approximate surface area is 175 Å². The van der Waals surface area contributed by atoms with Crippen LogP contribution >= 0.6 is 12.4 Å². The maximum absolute atomic E-state index is 12.3. The van der Waals surface area contributed by atoms with E-state index in [0.717, 1.165) is 0 Å². The van der Waals surface area contributed by atoms with E-state index in [-0.39, 0.29) is 37.4 Å². The molecule has 0 bridgehead atoms. The number of benzene rings is 2. The Kier molecular flexibility index (Phi) is 7.97. The number of nitrogens with one attached hydrogen (secondary N) is 2. The van der Waals surface area contributed by atoms with Gasteiger partial charge in [-0.2, -0.15) is 0 Å². The van der Waals surface area contributed by atoms with Crippen molar-refractivity contribution in [2.45, 2.75) is 19.8 Å². The number of hydrogen-bond acceptors (Lipinski definition) is 6. The molecular formula is C20H24ClN3O5. The van der Waals surface area contributed by atoms with Gasteiger partial charge in [-0.15, -0.1) is 12.4 Å². The highest BCUT2D eigenvalue weighted by Crippen LogP contribution is 2.38. The summed E-state index contributed by atoms with van der Waals surface area (Å²) >= 11 is 0. The number of fused-ring (bicyclic) bond motifs is 1. The predicted octanol–water partition coefficient (Wildman–Crippen LogP) is 2.97. The molecule has 2 aromatic carbocycles. The second-order valence-corrected chi connectivity index (χ2v) is 6.13. The van der Waals surface area contributed by atoms with E-state index in [0.29, 0.717) is 53.8 Å². The molecule has 156 valence electrons. The Bertz CT molecular complexity index is 875. The van der Waals surface area contributed by atoms with Crippen molar-refractivity contribution in [3.05, 3.63) is 42.0 Å². The number of hydrogen-bond donors (Lipinski definition) is 3. The first-order chi connectivity index (χ1) is 13.6. The van der Waals surface area contributed by atoms with Crippen molar-refractivity contribution >= 4 is 35.6 Å². The Morgan fingerprint density at radius 3 is 2.66 bits per heavy atom. The van der Waals surface area contributed by atoms with Crippen LogP contribution in [-0.2, 0) is 4.79 Å². The second kappa shape index (κ2) is 10.4. The third-order valence-electron chi connectivity index (χ3n) is 4.12. The summed E-state index contributed by atoms with van der Waals surface area (Å²) < 4.78 is 16.0. The average Bonchev–Trinajstić information content (AvgIpc) is 3.13. The minimum Gasteiger partial charge on any atom is -0.493 e. The van der Waals surface area contributed by atoms with Crippen LogP contribution in [0.25, 0.3) is 0 Å². The number of nitrogen functional groups attached to an aromatic ring is 1. The lowest BCUT2D eigenvalue weighted by Crippen LogP contribution is -2.26. The van der Waals surface area contributed by atoms with E-state index in [9.17, 15) is 9.59 Å². The molecule has 0 saturated heterocycles. The van der Waals surface area contributed by atoms with E-state index in [2.05, 4.69) is 10.6 Å². The number of carbonyl (C=O) groups is 2. The minimum atomic E-state index is -0.232. The molecule has 4 N–H and O–H groups in total. The van der Waals surface area contributed by atoms with Gasteiger partial charge < -0.3 is 30.6 Å². The number of carbonyl (C=O) groups excluding carboxylic acids is 2. The second-order valence-electron chi connectivity index (χ2n) is 6.13. The predicted molar refractivity (Wildman–Crippen MR) is 112 cm³/mol. The quantitative estimate of drug-likeness (QED) is 0.446. The number of anilines is 2. The average molecular weight is 422 g/mol. The van der Waals surface area contributed by atoms with Crippen LogP contribution in [0.3, 0.4) is 0 Å². The van der Waals surface area contributed by atoms with Crippen LogP contribution in [0, 0.1) is 0 Å². The number of amides is 2. The molecule has 29 heavy (non-hydrogen) atoms. The van der Waals surface area contributed by atoms with Crippen LogP contribution < -0.4 is 30.6 Å². The zero-order chi connectivity index (χ0) is 19.9. The molecule has 0 atom stereocenters. The van der Waals surface area contributed by atoms with Gasteiger partial charge in [0, 0.05) is 25.1 Å². The number of halogens is 1. The van der Waals surface area contributed by atoms with Gasteiger partial charge in [-0.1, -0.05) is 12.1 Å². The summed E-state index contributed by atoms with van der Waals surface area (Å²) in [7, 11) is 0. The van der Waals surface area contributed by atoms with Crippen LogP contribution in [-0.4, -0.2) is 31.8 Å². The number of rotatable bonds is 8. The maximum Gasteiger partial charge on any atom is 0.255 e. The van der Waals surface area contributed by atoms with Crippen LogP contribution in [0.1, 0.15) is 30.1 Å². The molecule has 2 aromatic rings. The van der Waals surface area contributed by atoms with Crippen LogP contribution in [0.2, 0.25) is 0 Å². The van der Waals surface area contributed by atoms with Crippen LogP contribution in [0.15, 0.2) is 36.4 Å². The van der Waals surface area contributed by atoms with Gasteiger partial charge in [0.1, 0.15) is 5.75 Å². The van der Waals surface area contributed by atoms with Crippen molar-refractivity contribution in [2.24, 2.45) is 0 Å². The number of para-hydroxylation sites is 1. The molecule has 8 nitrogen and oxygen atoms in total. The van der Waals surface area contributed by atoms with Gasteiger partial charge in [0.2, 0.25) is 12.7 Å². The Balaban J connectivity index is 0.00000300. The minimum absolute atomic E-state index is 0. The fourth-order valence-corrected chi connectivity index (χ4v) is 2.76. The fourth-order valence-electron chi connectivity index (χ4n) is 2.76. The number of nitrogens with two attached hydrogens (primary N) is 1. The number of ether oxygens (including phenoxy) is 3. The molecule has 0 fully saturated rings. The van der Waals surface area contributed by atoms with Crippen LogP contribution in [0.5, 0.6) is 17.2 Å². The van der Waals surface area contributed by atoms with Gasteiger partial charge in [0.05, 0.1) is 23.5 Å². The summed E-state index contributed by atoms with van der Waals surface area (Å²) in [6.45, 7) is 2.84. The molecular weight excluding hydrogens is 398 g/mol. The molecule has 1 heterocycles. The highest BCUT2D eigenvalue weighted by atomic mass is 35.5. The fraction of sp³-hybridized carbons (Fsp3) is 0.300. The van der Waals surface area contributed by atoms with Crippen molar-refractivity contribution in [2.75, 3.05) is 31.0 Å². The molecule has 1 aliphatic rings. The zero-order valence-corrected chi connectivity index (χ0v) is 16.8. The molecule has 9 heteroatoms. The molecule has 0 radical (unpaired) electrons. The molecule has 3 rings (SSSR count). The molecule has 0 aliphatic carbocycles. The molecule has 0 unspecified atom stereocenters. The maximum atomic E-state index is 12.3. The third kappa shape index (κ3) is 5.68. The first-order valence-electron chi connectivity index (χ1n) is 9.07. The Morgan fingerprint density at radius 1 is 1.17 bits per heavy atom. The van der Waals surface area contributed by atoms with Crippen molar-refractivity contribution in [3.63, 3.8) is 0 Å². The van der Waals surface area contributed by atoms with Gasteiger partial charge >= 0.3 is 0 Å². The van der Waals surface area contributed by atoms with Gasteiger partial charge in [0.25, 0.3) is 5.91 Å². The lowest BCUT2D eigenvalue weighted by molar-refractivity contribution is -0.116. The molecule has 0 saturated carbocycles. The van der Waals surface area contributed by atoms with Crippen molar-refractivity contribution in [1.82, 2.24) is 5.32 Å². The van der Waals surface area contributed by atoms with E-state index < -0.39 is 0 Å². The summed E-state index contributed by atoms with van der Waals surface area (Å²) in [5.74, 6) is 1.22. The Hall–Kier alpha value is -3.13. The first-order valence-corrected chi connectivity index (χ1v) is 9.07. The summed E-state index contributed by atoms with van der Waals surface area (Å²) in [6, 6.07) is 10.3. The largest absolute Gasteiger partial charge is 0.493 e.